The highest BCUT2D eigenvalue weighted by atomic mass is 16.2. The second-order valence-corrected chi connectivity index (χ2v) is 5.29. The molecular formula is C15H16N2O. The molecule has 0 bridgehead atoms. The molecule has 3 heteroatoms. The van der Waals surface area contributed by atoms with Crippen LogP contribution in [0.1, 0.15) is 31.2 Å². The third kappa shape index (κ3) is 1.27. The number of nitrogens with one attached hydrogen (secondary N) is 1. The summed E-state index contributed by atoms with van der Waals surface area (Å²) < 4.78 is 0. The predicted molar refractivity (Wildman–Crippen MR) is 71.0 cm³/mol. The summed E-state index contributed by atoms with van der Waals surface area (Å²) >= 11 is 0. The average Bonchev–Trinajstić information content (AvgIpc) is 2.77. The summed E-state index contributed by atoms with van der Waals surface area (Å²) in [5, 5.41) is 3.59. The van der Waals surface area contributed by atoms with Crippen molar-refractivity contribution in [2.45, 2.75) is 31.7 Å². The number of rotatable bonds is 0. The van der Waals surface area contributed by atoms with Gasteiger partial charge in [-0.25, -0.2) is 0 Å². The number of carbonyl (C=O) groups is 1. The minimum absolute atomic E-state index is 0.312. The van der Waals surface area contributed by atoms with Gasteiger partial charge in [-0.1, -0.05) is 18.2 Å². The van der Waals surface area contributed by atoms with Gasteiger partial charge >= 0.3 is 0 Å². The van der Waals surface area contributed by atoms with Crippen molar-refractivity contribution in [1.29, 1.82) is 0 Å². The minimum atomic E-state index is 0.312. The van der Waals surface area contributed by atoms with Crippen molar-refractivity contribution in [1.82, 2.24) is 4.90 Å². The molecule has 1 amide bonds. The number of anilines is 1. The molecule has 18 heavy (non-hydrogen) atoms. The molecule has 0 spiro atoms. The van der Waals surface area contributed by atoms with Crippen molar-refractivity contribution >= 4 is 17.2 Å². The van der Waals surface area contributed by atoms with Crippen LogP contribution in [0.25, 0.3) is 5.57 Å². The normalized spacial score (nSPS) is 25.4. The Balaban J connectivity index is 1.90. The number of nitrogens with zero attached hydrogens (tertiary/aromatic N) is 1. The van der Waals surface area contributed by atoms with Crippen molar-refractivity contribution < 1.29 is 4.79 Å². The zero-order chi connectivity index (χ0) is 12.1. The summed E-state index contributed by atoms with van der Waals surface area (Å²) in [5.41, 5.74) is 5.19. The zero-order valence-electron chi connectivity index (χ0n) is 10.3. The molecule has 3 aliphatic heterocycles. The van der Waals surface area contributed by atoms with E-state index in [1.54, 1.807) is 0 Å². The third-order valence-corrected chi connectivity index (χ3v) is 4.28. The van der Waals surface area contributed by atoms with E-state index in [0.717, 1.165) is 32.2 Å². The number of piperidine rings is 1. The van der Waals surface area contributed by atoms with Crippen LogP contribution < -0.4 is 5.32 Å². The van der Waals surface area contributed by atoms with Crippen molar-refractivity contribution in [3.05, 3.63) is 35.5 Å². The molecular weight excluding hydrogens is 224 g/mol. The van der Waals surface area contributed by atoms with Gasteiger partial charge in [0.05, 0.1) is 6.04 Å². The largest absolute Gasteiger partial charge is 0.378 e. The first kappa shape index (κ1) is 10.2. The maximum Gasteiger partial charge on any atom is 0.226 e. The van der Waals surface area contributed by atoms with Gasteiger partial charge < -0.3 is 10.2 Å². The Bertz CT molecular complexity index is 561. The quantitative estimate of drug-likeness (QED) is 0.756. The maximum absolute atomic E-state index is 12.0. The molecule has 92 valence electrons. The molecule has 0 saturated carbocycles. The van der Waals surface area contributed by atoms with Gasteiger partial charge in [-0.2, -0.15) is 0 Å². The van der Waals surface area contributed by atoms with Crippen LogP contribution in [0, 0.1) is 0 Å². The number of fused-ring (bicyclic) bond motifs is 4. The van der Waals surface area contributed by atoms with E-state index in [0.29, 0.717) is 11.9 Å². The minimum Gasteiger partial charge on any atom is -0.378 e. The van der Waals surface area contributed by atoms with Gasteiger partial charge in [-0.15, -0.1) is 0 Å². The van der Waals surface area contributed by atoms with Crippen molar-refractivity contribution in [3.63, 3.8) is 0 Å². The summed E-state index contributed by atoms with van der Waals surface area (Å²) in [4.78, 5) is 14.0. The first-order chi connectivity index (χ1) is 8.84. The molecule has 1 aromatic rings. The topological polar surface area (TPSA) is 32.3 Å². The van der Waals surface area contributed by atoms with Gasteiger partial charge in [0.15, 0.2) is 0 Å². The number of hydrogen-bond acceptors (Lipinski definition) is 2. The predicted octanol–water partition coefficient (Wildman–Crippen LogP) is 2.61. The van der Waals surface area contributed by atoms with Gasteiger partial charge in [0.1, 0.15) is 0 Å². The molecule has 1 saturated heterocycles. The molecule has 3 aliphatic rings. The van der Waals surface area contributed by atoms with Gasteiger partial charge in [0.25, 0.3) is 0 Å². The number of amides is 1. The Hall–Kier alpha value is -1.77. The van der Waals surface area contributed by atoms with Gasteiger partial charge in [0, 0.05) is 35.5 Å². The molecule has 1 unspecified atom stereocenters. The number of para-hydroxylation sites is 1. The second kappa shape index (κ2) is 3.61. The second-order valence-electron chi connectivity index (χ2n) is 5.29. The third-order valence-electron chi connectivity index (χ3n) is 4.28. The molecule has 0 aromatic heterocycles. The molecule has 1 fully saturated rings. The smallest absolute Gasteiger partial charge is 0.226 e. The van der Waals surface area contributed by atoms with Gasteiger partial charge in [-0.05, 0) is 25.3 Å². The highest BCUT2D eigenvalue weighted by Crippen LogP contribution is 2.44. The van der Waals surface area contributed by atoms with E-state index in [2.05, 4.69) is 29.6 Å². The number of benzene rings is 1. The molecule has 1 N–H and O–H groups in total. The fourth-order valence-electron chi connectivity index (χ4n) is 3.49. The molecule has 0 aliphatic carbocycles. The van der Waals surface area contributed by atoms with E-state index >= 15 is 0 Å². The summed E-state index contributed by atoms with van der Waals surface area (Å²) in [6.45, 7) is 0.878. The first-order valence-electron chi connectivity index (χ1n) is 6.74. The lowest BCUT2D eigenvalue weighted by molar-refractivity contribution is -0.131. The van der Waals surface area contributed by atoms with Crippen LogP contribution in [-0.4, -0.2) is 23.4 Å². The highest BCUT2D eigenvalue weighted by Gasteiger charge is 2.37. The summed E-state index contributed by atoms with van der Waals surface area (Å²) in [7, 11) is 0. The Morgan fingerprint density at radius 2 is 2.11 bits per heavy atom. The van der Waals surface area contributed by atoms with Crippen LogP contribution in [0.15, 0.2) is 30.0 Å². The summed E-state index contributed by atoms with van der Waals surface area (Å²) in [6, 6.07) is 8.88. The van der Waals surface area contributed by atoms with Crippen LogP contribution in [-0.2, 0) is 4.79 Å². The van der Waals surface area contributed by atoms with E-state index in [-0.39, 0.29) is 0 Å². The van der Waals surface area contributed by atoms with Crippen molar-refractivity contribution in [2.24, 2.45) is 0 Å². The van der Waals surface area contributed by atoms with E-state index < -0.39 is 0 Å². The molecule has 0 radical (unpaired) electrons. The van der Waals surface area contributed by atoms with Crippen molar-refractivity contribution in [3.8, 4) is 0 Å². The zero-order valence-corrected chi connectivity index (χ0v) is 10.3. The Labute approximate surface area is 106 Å². The standard InChI is InChI=1S/C15H16N2O/c18-14-7-3-6-13-15-10-4-1-2-5-11(10)16-12(15)8-9-17(13)14/h1-2,4-5,12,16H,3,6-9H2. The molecule has 3 nitrogen and oxygen atoms in total. The van der Waals surface area contributed by atoms with Crippen molar-refractivity contribution in [2.75, 3.05) is 11.9 Å². The number of hydrogen-bond donors (Lipinski definition) is 1. The van der Waals surface area contributed by atoms with Crippen LogP contribution in [0.3, 0.4) is 0 Å². The Morgan fingerprint density at radius 1 is 1.22 bits per heavy atom. The van der Waals surface area contributed by atoms with Crippen LogP contribution in [0.4, 0.5) is 5.69 Å². The number of carbonyl (C=O) groups excluding carboxylic acids is 1. The Kier molecular flexibility index (Phi) is 2.04. The Morgan fingerprint density at radius 3 is 3.06 bits per heavy atom. The first-order valence-corrected chi connectivity index (χ1v) is 6.74. The van der Waals surface area contributed by atoms with Crippen LogP contribution in [0.2, 0.25) is 0 Å². The van der Waals surface area contributed by atoms with Crippen LogP contribution >= 0.6 is 0 Å². The lowest BCUT2D eigenvalue weighted by atomic mass is 9.89. The monoisotopic (exact) mass is 240 g/mol. The fourth-order valence-corrected chi connectivity index (χ4v) is 3.49. The van der Waals surface area contributed by atoms with E-state index in [4.69, 9.17) is 0 Å². The number of allylic oxidation sites excluding steroid dienone is 1. The van der Waals surface area contributed by atoms with E-state index in [9.17, 15) is 4.79 Å². The molecule has 1 atom stereocenters. The molecule has 1 aromatic carbocycles. The van der Waals surface area contributed by atoms with Gasteiger partial charge in [-0.3, -0.25) is 4.79 Å². The lowest BCUT2D eigenvalue weighted by Gasteiger charge is -2.37. The fraction of sp³-hybridized carbons (Fsp3) is 0.400. The highest BCUT2D eigenvalue weighted by molar-refractivity contribution is 5.92. The maximum atomic E-state index is 12.0. The summed E-state index contributed by atoms with van der Waals surface area (Å²) in [6.07, 6.45) is 3.80. The lowest BCUT2D eigenvalue weighted by Crippen LogP contribution is -2.41. The molecule has 3 heterocycles. The van der Waals surface area contributed by atoms with Gasteiger partial charge in [0.2, 0.25) is 5.91 Å². The average molecular weight is 240 g/mol. The SMILES string of the molecule is O=C1CCCC2=C3c4ccccc4NC3CCN12. The van der Waals surface area contributed by atoms with E-state index in [1.165, 1.54) is 22.5 Å². The summed E-state index contributed by atoms with van der Waals surface area (Å²) in [5.74, 6) is 0.312. The van der Waals surface area contributed by atoms with E-state index in [1.807, 2.05) is 4.90 Å². The van der Waals surface area contributed by atoms with Crippen LogP contribution in [0.5, 0.6) is 0 Å². The molecule has 4 rings (SSSR count).